The van der Waals surface area contributed by atoms with Crippen molar-refractivity contribution in [2.24, 2.45) is 5.92 Å². The number of aryl methyl sites for hydroxylation is 1. The van der Waals surface area contributed by atoms with Crippen molar-refractivity contribution < 1.29 is 0 Å². The smallest absolute Gasteiger partial charge is 0.188 e. The first-order valence-electron chi connectivity index (χ1n) is 6.48. The fourth-order valence-corrected chi connectivity index (χ4v) is 2.59. The second kappa shape index (κ2) is 6.73. The molecule has 19 heavy (non-hydrogen) atoms. The highest BCUT2D eigenvalue weighted by atomic mass is 32.2. The van der Waals surface area contributed by atoms with Crippen LogP contribution in [0, 0.1) is 12.8 Å². The van der Waals surface area contributed by atoms with Crippen LogP contribution in [0.25, 0.3) is 0 Å². The van der Waals surface area contributed by atoms with Crippen molar-refractivity contribution in [2.45, 2.75) is 37.4 Å². The summed E-state index contributed by atoms with van der Waals surface area (Å²) in [5.41, 5.74) is 2.59. The van der Waals surface area contributed by atoms with Crippen LogP contribution in [-0.4, -0.2) is 21.7 Å². The summed E-state index contributed by atoms with van der Waals surface area (Å²) in [6, 6.07) is 6.51. The lowest BCUT2D eigenvalue weighted by Crippen LogP contribution is -2.19. The van der Waals surface area contributed by atoms with Gasteiger partial charge in [0.1, 0.15) is 6.33 Å². The Morgan fingerprint density at radius 3 is 2.89 bits per heavy atom. The molecule has 0 aliphatic heterocycles. The zero-order valence-electron chi connectivity index (χ0n) is 11.6. The lowest BCUT2D eigenvalue weighted by atomic mass is 10.1. The Morgan fingerprint density at radius 2 is 2.21 bits per heavy atom. The molecule has 0 radical (unpaired) electrons. The molecule has 4 nitrogen and oxygen atoms in total. The van der Waals surface area contributed by atoms with Gasteiger partial charge >= 0.3 is 0 Å². The highest BCUT2D eigenvalue weighted by Crippen LogP contribution is 2.28. The quantitative estimate of drug-likeness (QED) is 0.851. The summed E-state index contributed by atoms with van der Waals surface area (Å²) in [6.07, 6.45) is 1.53. The zero-order chi connectivity index (χ0) is 13.7. The maximum atomic E-state index is 4.16. The van der Waals surface area contributed by atoms with Crippen molar-refractivity contribution in [3.8, 4) is 0 Å². The van der Waals surface area contributed by atoms with Crippen LogP contribution in [0.2, 0.25) is 0 Å². The van der Waals surface area contributed by atoms with Gasteiger partial charge in [-0.05, 0) is 31.0 Å². The first kappa shape index (κ1) is 14.1. The van der Waals surface area contributed by atoms with Crippen molar-refractivity contribution in [3.05, 3.63) is 35.7 Å². The Bertz CT molecular complexity index is 508. The minimum atomic E-state index is 0.662. The van der Waals surface area contributed by atoms with Gasteiger partial charge in [-0.1, -0.05) is 43.3 Å². The molecule has 0 unspecified atom stereocenters. The molecule has 0 fully saturated rings. The minimum absolute atomic E-state index is 0.662. The number of nitrogens with zero attached hydrogens (tertiary/aromatic N) is 2. The first-order chi connectivity index (χ1) is 9.15. The second-order valence-electron chi connectivity index (χ2n) is 5.03. The van der Waals surface area contributed by atoms with Gasteiger partial charge in [-0.15, -0.1) is 0 Å². The largest absolute Gasteiger partial charge is 0.312 e. The number of hydrogen-bond acceptors (Lipinski definition) is 4. The standard InChI is InChI=1S/C14H20N4S/c1-10(2)7-15-8-12-6-11(3)4-5-13(12)19-14-16-9-17-18-14/h4-6,9-10,15H,7-8H2,1-3H3,(H,16,17,18). The molecule has 2 aromatic rings. The van der Waals surface area contributed by atoms with Crippen LogP contribution in [0.4, 0.5) is 0 Å². The summed E-state index contributed by atoms with van der Waals surface area (Å²) in [6.45, 7) is 8.46. The Labute approximate surface area is 118 Å². The third-order valence-electron chi connectivity index (χ3n) is 2.68. The number of hydrogen-bond donors (Lipinski definition) is 2. The molecule has 0 saturated carbocycles. The van der Waals surface area contributed by atoms with E-state index in [0.717, 1.165) is 18.2 Å². The molecular formula is C14H20N4S. The molecule has 1 aromatic heterocycles. The SMILES string of the molecule is Cc1ccc(Sc2ncn[nH]2)c(CNCC(C)C)c1. The number of rotatable bonds is 6. The monoisotopic (exact) mass is 276 g/mol. The lowest BCUT2D eigenvalue weighted by Gasteiger charge is -2.11. The van der Waals surface area contributed by atoms with Crippen LogP contribution in [0.15, 0.2) is 34.6 Å². The van der Waals surface area contributed by atoms with Gasteiger partial charge < -0.3 is 5.32 Å². The third kappa shape index (κ3) is 4.36. The van der Waals surface area contributed by atoms with E-state index in [0.29, 0.717) is 5.92 Å². The zero-order valence-corrected chi connectivity index (χ0v) is 12.4. The molecule has 0 amide bonds. The van der Waals surface area contributed by atoms with Crippen LogP contribution in [0.1, 0.15) is 25.0 Å². The Balaban J connectivity index is 2.08. The summed E-state index contributed by atoms with van der Waals surface area (Å²) >= 11 is 1.62. The highest BCUT2D eigenvalue weighted by molar-refractivity contribution is 7.99. The molecule has 0 aliphatic carbocycles. The molecule has 0 spiro atoms. The van der Waals surface area contributed by atoms with Crippen LogP contribution < -0.4 is 5.32 Å². The Morgan fingerprint density at radius 1 is 1.37 bits per heavy atom. The normalized spacial score (nSPS) is 11.2. The van der Waals surface area contributed by atoms with Gasteiger partial charge in [-0.3, -0.25) is 5.10 Å². The van der Waals surface area contributed by atoms with Crippen molar-refractivity contribution in [1.82, 2.24) is 20.5 Å². The Hall–Kier alpha value is -1.33. The van der Waals surface area contributed by atoms with Gasteiger partial charge in [0.05, 0.1) is 0 Å². The molecule has 0 saturated heterocycles. The predicted octanol–water partition coefficient (Wildman–Crippen LogP) is 3.01. The molecular weight excluding hydrogens is 256 g/mol. The van der Waals surface area contributed by atoms with E-state index in [2.05, 4.69) is 59.5 Å². The number of aromatic amines is 1. The summed E-state index contributed by atoms with van der Waals surface area (Å²) < 4.78 is 0. The van der Waals surface area contributed by atoms with Gasteiger partial charge in [0.25, 0.3) is 0 Å². The summed E-state index contributed by atoms with van der Waals surface area (Å²) in [4.78, 5) is 5.38. The van der Waals surface area contributed by atoms with Crippen molar-refractivity contribution in [1.29, 1.82) is 0 Å². The third-order valence-corrected chi connectivity index (χ3v) is 3.69. The first-order valence-corrected chi connectivity index (χ1v) is 7.30. The van der Waals surface area contributed by atoms with Gasteiger partial charge in [0, 0.05) is 11.4 Å². The fourth-order valence-electron chi connectivity index (χ4n) is 1.79. The van der Waals surface area contributed by atoms with Crippen LogP contribution >= 0.6 is 11.8 Å². The van der Waals surface area contributed by atoms with Crippen LogP contribution in [-0.2, 0) is 6.54 Å². The van der Waals surface area contributed by atoms with Gasteiger partial charge in [0.2, 0.25) is 0 Å². The molecule has 102 valence electrons. The van der Waals surface area contributed by atoms with E-state index in [4.69, 9.17) is 0 Å². The van der Waals surface area contributed by atoms with Crippen molar-refractivity contribution in [2.75, 3.05) is 6.54 Å². The summed E-state index contributed by atoms with van der Waals surface area (Å²) in [5.74, 6) is 0.662. The maximum Gasteiger partial charge on any atom is 0.188 e. The molecule has 0 atom stereocenters. The highest BCUT2D eigenvalue weighted by Gasteiger charge is 2.07. The summed E-state index contributed by atoms with van der Waals surface area (Å²) in [7, 11) is 0. The molecule has 2 N–H and O–H groups in total. The number of aromatic nitrogens is 3. The van der Waals surface area contributed by atoms with Gasteiger partial charge in [-0.25, -0.2) is 4.98 Å². The molecule has 2 rings (SSSR count). The van der Waals surface area contributed by atoms with Crippen molar-refractivity contribution in [3.63, 3.8) is 0 Å². The van der Waals surface area contributed by atoms with Crippen LogP contribution in [0.3, 0.4) is 0 Å². The average molecular weight is 276 g/mol. The number of benzene rings is 1. The van der Waals surface area contributed by atoms with E-state index >= 15 is 0 Å². The lowest BCUT2D eigenvalue weighted by molar-refractivity contribution is 0.550. The van der Waals surface area contributed by atoms with Gasteiger partial charge in [-0.2, -0.15) is 5.10 Å². The van der Waals surface area contributed by atoms with E-state index in [1.165, 1.54) is 22.3 Å². The van der Waals surface area contributed by atoms with Crippen LogP contribution in [0.5, 0.6) is 0 Å². The molecule has 1 aromatic carbocycles. The summed E-state index contributed by atoms with van der Waals surface area (Å²) in [5, 5.41) is 11.1. The second-order valence-corrected chi connectivity index (χ2v) is 6.06. The van der Waals surface area contributed by atoms with E-state index in [9.17, 15) is 0 Å². The van der Waals surface area contributed by atoms with Crippen molar-refractivity contribution >= 4 is 11.8 Å². The number of nitrogens with one attached hydrogen (secondary N) is 2. The molecule has 1 heterocycles. The van der Waals surface area contributed by atoms with E-state index in [-0.39, 0.29) is 0 Å². The van der Waals surface area contributed by atoms with E-state index in [1.54, 1.807) is 11.8 Å². The topological polar surface area (TPSA) is 53.6 Å². The predicted molar refractivity (Wildman–Crippen MR) is 78.2 cm³/mol. The van der Waals surface area contributed by atoms with E-state index < -0.39 is 0 Å². The number of H-pyrrole nitrogens is 1. The maximum absolute atomic E-state index is 4.16. The van der Waals surface area contributed by atoms with Gasteiger partial charge in [0.15, 0.2) is 5.16 Å². The minimum Gasteiger partial charge on any atom is -0.312 e. The van der Waals surface area contributed by atoms with E-state index in [1.807, 2.05) is 0 Å². The Kier molecular flexibility index (Phi) is 4.99. The molecule has 0 aliphatic rings. The molecule has 5 heteroatoms. The molecule has 0 bridgehead atoms. The fraction of sp³-hybridized carbons (Fsp3) is 0.429. The average Bonchev–Trinajstić information content (AvgIpc) is 2.85.